The second-order valence-corrected chi connectivity index (χ2v) is 5.59. The van der Waals surface area contributed by atoms with Crippen LogP contribution in [0.5, 0.6) is 0 Å². The molecule has 3 aromatic rings. The Kier molecular flexibility index (Phi) is 7.24. The molecule has 0 aliphatic rings. The molecule has 0 fully saturated rings. The molecule has 0 amide bonds. The number of guanidine groups is 1. The first-order valence-electron chi connectivity index (χ1n) is 8.00. The van der Waals surface area contributed by atoms with E-state index in [0.29, 0.717) is 12.5 Å². The predicted octanol–water partition coefficient (Wildman–Crippen LogP) is 3.83. The van der Waals surface area contributed by atoms with E-state index in [9.17, 15) is 4.39 Å². The SMILES string of the molecule is CN=C(NCCc1c[nH]c2ccccc12)NCc1cccc(F)c1.I. The number of fused-ring (bicyclic) bond motifs is 1. The van der Waals surface area contributed by atoms with E-state index in [-0.39, 0.29) is 29.8 Å². The number of nitrogens with one attached hydrogen (secondary N) is 3. The Hall–Kier alpha value is -2.09. The van der Waals surface area contributed by atoms with Gasteiger partial charge >= 0.3 is 0 Å². The maximum atomic E-state index is 13.2. The molecule has 25 heavy (non-hydrogen) atoms. The van der Waals surface area contributed by atoms with E-state index in [4.69, 9.17) is 0 Å². The van der Waals surface area contributed by atoms with E-state index in [1.807, 2.05) is 18.2 Å². The molecule has 3 rings (SSSR count). The Morgan fingerprint density at radius 3 is 2.76 bits per heavy atom. The lowest BCUT2D eigenvalue weighted by molar-refractivity contribution is 0.624. The van der Waals surface area contributed by atoms with Crippen LogP contribution in [-0.4, -0.2) is 24.5 Å². The highest BCUT2D eigenvalue weighted by molar-refractivity contribution is 14.0. The minimum absolute atomic E-state index is 0. The lowest BCUT2D eigenvalue weighted by atomic mass is 10.1. The van der Waals surface area contributed by atoms with Gasteiger partial charge in [0.15, 0.2) is 5.96 Å². The summed E-state index contributed by atoms with van der Waals surface area (Å²) in [7, 11) is 1.73. The molecule has 3 N–H and O–H groups in total. The van der Waals surface area contributed by atoms with Crippen molar-refractivity contribution in [2.24, 2.45) is 4.99 Å². The van der Waals surface area contributed by atoms with Gasteiger partial charge in [-0.15, -0.1) is 24.0 Å². The molecule has 0 spiro atoms. The van der Waals surface area contributed by atoms with Crippen molar-refractivity contribution in [3.63, 3.8) is 0 Å². The highest BCUT2D eigenvalue weighted by Gasteiger charge is 2.04. The van der Waals surface area contributed by atoms with Crippen molar-refractivity contribution in [2.45, 2.75) is 13.0 Å². The number of halogens is 2. The Balaban J connectivity index is 0.00000225. The van der Waals surface area contributed by atoms with Gasteiger partial charge in [-0.3, -0.25) is 4.99 Å². The molecular weight excluding hydrogens is 430 g/mol. The molecule has 0 atom stereocenters. The van der Waals surface area contributed by atoms with Crippen molar-refractivity contribution >= 4 is 40.8 Å². The van der Waals surface area contributed by atoms with Crippen LogP contribution in [0, 0.1) is 5.82 Å². The number of nitrogens with zero attached hydrogens (tertiary/aromatic N) is 1. The van der Waals surface area contributed by atoms with Gasteiger partial charge in [-0.05, 0) is 35.7 Å². The molecular formula is C19H22FIN4. The van der Waals surface area contributed by atoms with E-state index in [2.05, 4.69) is 38.9 Å². The van der Waals surface area contributed by atoms with E-state index in [1.54, 1.807) is 13.1 Å². The first-order valence-corrected chi connectivity index (χ1v) is 8.00. The van der Waals surface area contributed by atoms with Crippen LogP contribution in [0.3, 0.4) is 0 Å². The van der Waals surface area contributed by atoms with Gasteiger partial charge in [-0.1, -0.05) is 30.3 Å². The number of benzene rings is 2. The number of para-hydroxylation sites is 1. The summed E-state index contributed by atoms with van der Waals surface area (Å²) in [6, 6.07) is 14.8. The monoisotopic (exact) mass is 452 g/mol. The maximum absolute atomic E-state index is 13.2. The molecule has 4 nitrogen and oxygen atoms in total. The molecule has 0 saturated carbocycles. The lowest BCUT2D eigenvalue weighted by Crippen LogP contribution is -2.37. The minimum Gasteiger partial charge on any atom is -0.361 e. The number of aromatic nitrogens is 1. The standard InChI is InChI=1S/C19H21FN4.HI/c1-21-19(24-12-14-5-4-6-16(20)11-14)22-10-9-15-13-23-18-8-3-2-7-17(15)18;/h2-8,11,13,23H,9-10,12H2,1H3,(H2,21,22,24);1H. The number of hydrogen-bond donors (Lipinski definition) is 3. The van der Waals surface area contributed by atoms with Crippen LogP contribution >= 0.6 is 24.0 Å². The smallest absolute Gasteiger partial charge is 0.191 e. The van der Waals surface area contributed by atoms with Crippen molar-refractivity contribution in [3.05, 3.63) is 71.7 Å². The molecule has 0 aliphatic carbocycles. The number of aliphatic imine (C=N–C) groups is 1. The van der Waals surface area contributed by atoms with Crippen molar-refractivity contribution < 1.29 is 4.39 Å². The van der Waals surface area contributed by atoms with E-state index >= 15 is 0 Å². The summed E-state index contributed by atoms with van der Waals surface area (Å²) < 4.78 is 13.2. The van der Waals surface area contributed by atoms with Gasteiger partial charge in [0, 0.05) is 37.2 Å². The molecule has 0 aliphatic heterocycles. The summed E-state index contributed by atoms with van der Waals surface area (Å²) in [5, 5.41) is 7.73. The third-order valence-electron chi connectivity index (χ3n) is 3.93. The maximum Gasteiger partial charge on any atom is 0.191 e. The summed E-state index contributed by atoms with van der Waals surface area (Å²) in [5.41, 5.74) is 3.31. The van der Waals surface area contributed by atoms with Crippen molar-refractivity contribution in [2.75, 3.05) is 13.6 Å². The van der Waals surface area contributed by atoms with E-state index in [1.165, 1.54) is 23.1 Å². The fraction of sp³-hybridized carbons (Fsp3) is 0.211. The molecule has 132 valence electrons. The zero-order valence-electron chi connectivity index (χ0n) is 14.1. The Morgan fingerprint density at radius 1 is 1.12 bits per heavy atom. The Labute approximate surface area is 164 Å². The van der Waals surface area contributed by atoms with E-state index < -0.39 is 0 Å². The predicted molar refractivity (Wildman–Crippen MR) is 112 cm³/mol. The quantitative estimate of drug-likeness (QED) is 0.313. The molecule has 0 radical (unpaired) electrons. The van der Waals surface area contributed by atoms with Gasteiger partial charge in [-0.2, -0.15) is 0 Å². The van der Waals surface area contributed by atoms with Crippen LogP contribution in [0.1, 0.15) is 11.1 Å². The molecule has 2 aromatic carbocycles. The number of rotatable bonds is 5. The van der Waals surface area contributed by atoms with Crippen molar-refractivity contribution in [1.82, 2.24) is 15.6 Å². The highest BCUT2D eigenvalue weighted by Crippen LogP contribution is 2.17. The Morgan fingerprint density at radius 2 is 1.96 bits per heavy atom. The van der Waals surface area contributed by atoms with Gasteiger partial charge in [0.1, 0.15) is 5.82 Å². The zero-order valence-corrected chi connectivity index (χ0v) is 16.4. The third kappa shape index (κ3) is 5.19. The first-order chi connectivity index (χ1) is 11.8. The van der Waals surface area contributed by atoms with Gasteiger partial charge in [0.2, 0.25) is 0 Å². The van der Waals surface area contributed by atoms with Gasteiger partial charge < -0.3 is 15.6 Å². The second kappa shape index (κ2) is 9.41. The van der Waals surface area contributed by atoms with Gasteiger partial charge in [0.05, 0.1) is 0 Å². The van der Waals surface area contributed by atoms with Gasteiger partial charge in [-0.25, -0.2) is 4.39 Å². The van der Waals surface area contributed by atoms with Crippen LogP contribution in [0.4, 0.5) is 4.39 Å². The van der Waals surface area contributed by atoms with Crippen LogP contribution in [-0.2, 0) is 13.0 Å². The lowest BCUT2D eigenvalue weighted by Gasteiger charge is -2.12. The highest BCUT2D eigenvalue weighted by atomic mass is 127. The summed E-state index contributed by atoms with van der Waals surface area (Å²) in [6.07, 6.45) is 2.94. The van der Waals surface area contributed by atoms with Crippen molar-refractivity contribution in [1.29, 1.82) is 0 Å². The average Bonchev–Trinajstić information content (AvgIpc) is 3.01. The normalized spacial score (nSPS) is 11.2. The van der Waals surface area contributed by atoms with Crippen LogP contribution in [0.2, 0.25) is 0 Å². The number of hydrogen-bond acceptors (Lipinski definition) is 1. The third-order valence-corrected chi connectivity index (χ3v) is 3.93. The number of aromatic amines is 1. The minimum atomic E-state index is -0.225. The van der Waals surface area contributed by atoms with Crippen LogP contribution in [0.25, 0.3) is 10.9 Å². The molecule has 0 saturated heterocycles. The molecule has 0 bridgehead atoms. The van der Waals surface area contributed by atoms with E-state index in [0.717, 1.165) is 24.0 Å². The first kappa shape index (κ1) is 19.2. The average molecular weight is 452 g/mol. The van der Waals surface area contributed by atoms with Crippen LogP contribution in [0.15, 0.2) is 59.7 Å². The zero-order chi connectivity index (χ0) is 16.8. The van der Waals surface area contributed by atoms with Gasteiger partial charge in [0.25, 0.3) is 0 Å². The molecule has 0 unspecified atom stereocenters. The number of H-pyrrole nitrogens is 1. The molecule has 1 heterocycles. The van der Waals surface area contributed by atoms with Crippen molar-refractivity contribution in [3.8, 4) is 0 Å². The summed E-state index contributed by atoms with van der Waals surface area (Å²) in [5.74, 6) is 0.482. The molecule has 6 heteroatoms. The fourth-order valence-corrected chi connectivity index (χ4v) is 2.71. The Bertz CT molecular complexity index is 844. The van der Waals surface area contributed by atoms with Crippen LogP contribution < -0.4 is 10.6 Å². The summed E-state index contributed by atoms with van der Waals surface area (Å²) >= 11 is 0. The largest absolute Gasteiger partial charge is 0.361 e. The topological polar surface area (TPSA) is 52.2 Å². The molecule has 1 aromatic heterocycles. The fourth-order valence-electron chi connectivity index (χ4n) is 2.71. The second-order valence-electron chi connectivity index (χ2n) is 5.59. The summed E-state index contributed by atoms with van der Waals surface area (Å²) in [6.45, 7) is 1.30. The summed E-state index contributed by atoms with van der Waals surface area (Å²) in [4.78, 5) is 7.48.